The second-order valence-corrected chi connectivity index (χ2v) is 14.1. The minimum absolute atomic E-state index is 0. The van der Waals surface area contributed by atoms with Gasteiger partial charge in [0.1, 0.15) is 0 Å². The average Bonchev–Trinajstić information content (AvgIpc) is 2.90. The van der Waals surface area contributed by atoms with Gasteiger partial charge in [-0.3, -0.25) is 0 Å². The molecule has 5 rings (SSSR count). The van der Waals surface area contributed by atoms with Gasteiger partial charge in [-0.2, -0.15) is 0 Å². The first-order chi connectivity index (χ1) is 16.5. The molecule has 3 aromatic carbocycles. The Morgan fingerprint density at radius 2 is 1.31 bits per heavy atom. The maximum atomic E-state index is 4.65. The molecule has 0 spiro atoms. The summed E-state index contributed by atoms with van der Waals surface area (Å²) >= 11 is 0. The summed E-state index contributed by atoms with van der Waals surface area (Å²) < 4.78 is 0. The number of pyridine rings is 2. The summed E-state index contributed by atoms with van der Waals surface area (Å²) in [5.41, 5.74) is 6.46. The Kier molecular flexibility index (Phi) is 9.44. The van der Waals surface area contributed by atoms with E-state index in [1.165, 1.54) is 16.3 Å². The van der Waals surface area contributed by atoms with E-state index in [4.69, 9.17) is 0 Å². The fraction of sp³-hybridized carbons (Fsp3) is 0.0968. The average molecular weight is 649 g/mol. The van der Waals surface area contributed by atoms with Crippen LogP contribution in [0.4, 0.5) is 0 Å². The van der Waals surface area contributed by atoms with Crippen LogP contribution >= 0.6 is 0 Å². The number of hydrogen-bond acceptors (Lipinski definition) is 2. The van der Waals surface area contributed by atoms with Gasteiger partial charge in [-0.05, 0) is 28.2 Å². The van der Waals surface area contributed by atoms with E-state index in [9.17, 15) is 0 Å². The van der Waals surface area contributed by atoms with E-state index in [0.717, 1.165) is 22.5 Å². The molecule has 0 amide bonds. The molecule has 4 heteroatoms. The van der Waals surface area contributed by atoms with Crippen LogP contribution in [0.2, 0.25) is 19.6 Å². The standard InChI is InChI=1S/C20H20NSi.C11H8N.Ir/c1-22(2,3)19-12-13-20(21-15-19)18-11-7-10-17(14-18)16-8-5-4-6-9-16;1-2-6-10(7-3-1)11-8-4-5-9-12-11;/h4-10,12-15H,1-3H3;1-6,8-9H;/q2*-1;. The molecule has 35 heavy (non-hydrogen) atoms. The molecule has 0 aliphatic rings. The van der Waals surface area contributed by atoms with E-state index in [1.807, 2.05) is 60.8 Å². The van der Waals surface area contributed by atoms with Gasteiger partial charge in [0, 0.05) is 32.5 Å². The van der Waals surface area contributed by atoms with Crippen LogP contribution in [-0.2, 0) is 20.1 Å². The summed E-state index contributed by atoms with van der Waals surface area (Å²) in [6, 6.07) is 41.1. The maximum Gasteiger partial charge on any atom is 0.0795 e. The Balaban J connectivity index is 0.000000223. The van der Waals surface area contributed by atoms with Gasteiger partial charge >= 0.3 is 0 Å². The zero-order valence-electron chi connectivity index (χ0n) is 20.2. The largest absolute Gasteiger partial charge is 0.305 e. The molecule has 177 valence electrons. The van der Waals surface area contributed by atoms with E-state index >= 15 is 0 Å². The molecule has 1 radical (unpaired) electrons. The third kappa shape index (κ3) is 7.40. The predicted octanol–water partition coefficient (Wildman–Crippen LogP) is 7.31. The first kappa shape index (κ1) is 26.4. The van der Waals surface area contributed by atoms with Crippen molar-refractivity contribution in [1.82, 2.24) is 9.97 Å². The van der Waals surface area contributed by atoms with Crippen molar-refractivity contribution in [1.29, 1.82) is 0 Å². The second kappa shape index (κ2) is 12.5. The topological polar surface area (TPSA) is 25.8 Å². The molecule has 2 nitrogen and oxygen atoms in total. The second-order valence-electron chi connectivity index (χ2n) is 9.03. The van der Waals surface area contributed by atoms with Crippen LogP contribution in [0.25, 0.3) is 33.6 Å². The molecule has 2 aromatic heterocycles. The zero-order valence-corrected chi connectivity index (χ0v) is 23.6. The molecule has 0 bridgehead atoms. The molecular weight excluding hydrogens is 621 g/mol. The minimum Gasteiger partial charge on any atom is -0.305 e. The maximum absolute atomic E-state index is 4.65. The van der Waals surface area contributed by atoms with Crippen molar-refractivity contribution < 1.29 is 20.1 Å². The van der Waals surface area contributed by atoms with Gasteiger partial charge in [-0.25, -0.2) is 0 Å². The Labute approximate surface area is 223 Å². The number of benzene rings is 3. The number of hydrogen-bond donors (Lipinski definition) is 0. The van der Waals surface area contributed by atoms with Gasteiger partial charge < -0.3 is 9.97 Å². The molecule has 0 atom stereocenters. The van der Waals surface area contributed by atoms with Crippen molar-refractivity contribution in [3.8, 4) is 33.6 Å². The third-order valence-corrected chi connectivity index (χ3v) is 7.49. The first-order valence-corrected chi connectivity index (χ1v) is 14.9. The van der Waals surface area contributed by atoms with Crippen LogP contribution in [-0.4, -0.2) is 18.0 Å². The van der Waals surface area contributed by atoms with Crippen LogP contribution in [0, 0.1) is 12.1 Å². The molecule has 2 heterocycles. The molecule has 0 unspecified atom stereocenters. The van der Waals surface area contributed by atoms with Crippen molar-refractivity contribution in [3.05, 3.63) is 128 Å². The summed E-state index contributed by atoms with van der Waals surface area (Å²) in [6.45, 7) is 7.02. The SMILES string of the molecule is C[Si](C)(C)c1ccc(-c2[c-]ccc(-c3ccccc3)c2)nc1.[Ir].[c-]1ccccc1-c1ccccn1. The fourth-order valence-electron chi connectivity index (χ4n) is 3.50. The van der Waals surface area contributed by atoms with E-state index in [1.54, 1.807) is 6.20 Å². The normalized spacial score (nSPS) is 10.5. The summed E-state index contributed by atoms with van der Waals surface area (Å²) in [5, 5.41) is 1.38. The minimum atomic E-state index is -1.29. The molecule has 0 aliphatic carbocycles. The fourth-order valence-corrected chi connectivity index (χ4v) is 4.53. The van der Waals surface area contributed by atoms with Gasteiger partial charge in [0.05, 0.1) is 8.07 Å². The van der Waals surface area contributed by atoms with Crippen LogP contribution in [0.5, 0.6) is 0 Å². The summed E-state index contributed by atoms with van der Waals surface area (Å²) in [4.78, 5) is 8.87. The van der Waals surface area contributed by atoms with E-state index in [2.05, 4.69) is 90.3 Å². The van der Waals surface area contributed by atoms with Crippen molar-refractivity contribution in [2.75, 3.05) is 0 Å². The molecule has 0 fully saturated rings. The summed E-state index contributed by atoms with van der Waals surface area (Å²) in [6.07, 6.45) is 3.82. The molecule has 5 aromatic rings. The Morgan fingerprint density at radius 3 is 1.94 bits per heavy atom. The van der Waals surface area contributed by atoms with Crippen LogP contribution in [0.15, 0.2) is 116 Å². The molecule has 0 saturated heterocycles. The zero-order chi connectivity index (χ0) is 23.8. The number of nitrogens with zero attached hydrogens (tertiary/aromatic N) is 2. The van der Waals surface area contributed by atoms with Gasteiger partial charge in [-0.15, -0.1) is 71.3 Å². The quantitative estimate of drug-likeness (QED) is 0.151. The van der Waals surface area contributed by atoms with Gasteiger partial charge in [0.25, 0.3) is 0 Å². The summed E-state index contributed by atoms with van der Waals surface area (Å²) in [7, 11) is -1.29. The van der Waals surface area contributed by atoms with E-state index in [-0.39, 0.29) is 20.1 Å². The third-order valence-electron chi connectivity index (χ3n) is 5.46. The Hall–Kier alpha value is -3.17. The molecule has 0 aliphatic heterocycles. The predicted molar refractivity (Wildman–Crippen MR) is 145 cm³/mol. The number of rotatable bonds is 4. The van der Waals surface area contributed by atoms with Crippen molar-refractivity contribution in [2.45, 2.75) is 19.6 Å². The molecule has 0 saturated carbocycles. The van der Waals surface area contributed by atoms with Crippen molar-refractivity contribution in [3.63, 3.8) is 0 Å². The molecular formula is C31H28IrN2Si-2. The van der Waals surface area contributed by atoms with Crippen LogP contribution < -0.4 is 5.19 Å². The van der Waals surface area contributed by atoms with E-state index in [0.29, 0.717) is 0 Å². The Bertz CT molecular complexity index is 1260. The van der Waals surface area contributed by atoms with Crippen molar-refractivity contribution >= 4 is 13.3 Å². The van der Waals surface area contributed by atoms with Gasteiger partial charge in [-0.1, -0.05) is 74.2 Å². The van der Waals surface area contributed by atoms with Gasteiger partial charge in [0.15, 0.2) is 0 Å². The number of aromatic nitrogens is 2. The molecule has 0 N–H and O–H groups in total. The van der Waals surface area contributed by atoms with Crippen molar-refractivity contribution in [2.24, 2.45) is 0 Å². The van der Waals surface area contributed by atoms with Crippen LogP contribution in [0.3, 0.4) is 0 Å². The van der Waals surface area contributed by atoms with Gasteiger partial charge in [0.2, 0.25) is 0 Å². The smallest absolute Gasteiger partial charge is 0.0795 e. The first-order valence-electron chi connectivity index (χ1n) is 11.4. The summed E-state index contributed by atoms with van der Waals surface area (Å²) in [5.74, 6) is 0. The van der Waals surface area contributed by atoms with Crippen LogP contribution in [0.1, 0.15) is 0 Å². The monoisotopic (exact) mass is 649 g/mol. The Morgan fingerprint density at radius 1 is 0.600 bits per heavy atom. The van der Waals surface area contributed by atoms with E-state index < -0.39 is 8.07 Å².